The van der Waals surface area contributed by atoms with Crippen molar-refractivity contribution in [3.63, 3.8) is 0 Å². The van der Waals surface area contributed by atoms with Crippen LogP contribution in [0.15, 0.2) is 60.8 Å². The first-order chi connectivity index (χ1) is 12.1. The van der Waals surface area contributed by atoms with Crippen LogP contribution in [0.1, 0.15) is 9.67 Å². The number of rotatable bonds is 3. The molecule has 0 aliphatic rings. The predicted molar refractivity (Wildman–Crippen MR) is 98.3 cm³/mol. The highest BCUT2D eigenvalue weighted by Gasteiger charge is 2.18. The lowest BCUT2D eigenvalue weighted by Crippen LogP contribution is -2.11. The molecule has 0 bridgehead atoms. The van der Waals surface area contributed by atoms with Gasteiger partial charge in [-0.2, -0.15) is 5.10 Å². The average molecular weight is 372 g/mol. The molecule has 0 aliphatic heterocycles. The molecule has 0 spiro atoms. The van der Waals surface area contributed by atoms with Crippen LogP contribution in [0.5, 0.6) is 0 Å². The number of benzene rings is 2. The molecule has 0 fully saturated rings. The number of halogens is 2. The van der Waals surface area contributed by atoms with Crippen LogP contribution in [0.2, 0.25) is 5.02 Å². The average Bonchev–Trinajstić information content (AvgIpc) is 3.20. The summed E-state index contributed by atoms with van der Waals surface area (Å²) in [6.45, 7) is 0. The van der Waals surface area contributed by atoms with Gasteiger partial charge in [0.15, 0.2) is 5.82 Å². The van der Waals surface area contributed by atoms with Gasteiger partial charge in [-0.1, -0.05) is 29.8 Å². The number of nitrogens with zero attached hydrogens (tertiary/aromatic N) is 2. The van der Waals surface area contributed by atoms with Gasteiger partial charge < -0.3 is 5.32 Å². The second kappa shape index (κ2) is 6.31. The molecule has 2 aromatic heterocycles. The Morgan fingerprint density at radius 3 is 2.76 bits per heavy atom. The lowest BCUT2D eigenvalue weighted by atomic mass is 10.2. The second-order valence-corrected chi connectivity index (χ2v) is 6.75. The van der Waals surface area contributed by atoms with Crippen molar-refractivity contribution in [2.45, 2.75) is 0 Å². The van der Waals surface area contributed by atoms with Crippen molar-refractivity contribution in [3.8, 4) is 5.69 Å². The number of amides is 1. The van der Waals surface area contributed by atoms with E-state index < -0.39 is 0 Å². The molecule has 4 nitrogen and oxygen atoms in total. The van der Waals surface area contributed by atoms with Crippen LogP contribution >= 0.6 is 22.9 Å². The zero-order chi connectivity index (χ0) is 17.4. The van der Waals surface area contributed by atoms with Crippen LogP contribution in [-0.2, 0) is 0 Å². The molecule has 2 aromatic carbocycles. The molecule has 7 heteroatoms. The van der Waals surface area contributed by atoms with E-state index in [4.69, 9.17) is 11.6 Å². The van der Waals surface area contributed by atoms with Crippen molar-refractivity contribution >= 4 is 44.7 Å². The third kappa shape index (κ3) is 3.01. The first-order valence-corrected chi connectivity index (χ1v) is 8.61. The Kier molecular flexibility index (Phi) is 3.99. The number of anilines is 1. The Balaban J connectivity index is 1.60. The summed E-state index contributed by atoms with van der Waals surface area (Å²) in [6, 6.07) is 15.5. The minimum Gasteiger partial charge on any atom is -0.304 e. The van der Waals surface area contributed by atoms with Gasteiger partial charge in [0.2, 0.25) is 0 Å². The summed E-state index contributed by atoms with van der Waals surface area (Å²) in [5.74, 6) is -0.322. The summed E-state index contributed by atoms with van der Waals surface area (Å²) in [5, 5.41) is 8.04. The molecule has 4 rings (SSSR count). The summed E-state index contributed by atoms with van der Waals surface area (Å²) >= 11 is 7.42. The topological polar surface area (TPSA) is 46.9 Å². The van der Waals surface area contributed by atoms with Crippen LogP contribution in [0.4, 0.5) is 10.2 Å². The van der Waals surface area contributed by atoms with Gasteiger partial charge in [-0.05, 0) is 30.3 Å². The molecule has 0 saturated carbocycles. The monoisotopic (exact) mass is 371 g/mol. The van der Waals surface area contributed by atoms with Crippen LogP contribution < -0.4 is 5.32 Å². The van der Waals surface area contributed by atoms with Gasteiger partial charge in [-0.3, -0.25) is 4.79 Å². The molecule has 1 N–H and O–H groups in total. The lowest BCUT2D eigenvalue weighted by Gasteiger charge is -2.01. The van der Waals surface area contributed by atoms with E-state index in [2.05, 4.69) is 10.4 Å². The summed E-state index contributed by atoms with van der Waals surface area (Å²) in [6.07, 6.45) is 1.76. The first kappa shape index (κ1) is 15.8. The van der Waals surface area contributed by atoms with Crippen molar-refractivity contribution in [2.75, 3.05) is 5.32 Å². The predicted octanol–water partition coefficient (Wildman–Crippen LogP) is 5.13. The molecular weight excluding hydrogens is 361 g/mol. The van der Waals surface area contributed by atoms with Gasteiger partial charge in [-0.15, -0.1) is 11.3 Å². The summed E-state index contributed by atoms with van der Waals surface area (Å²) in [4.78, 5) is 12.8. The number of carbonyl (C=O) groups excluding carboxylic acids is 1. The summed E-state index contributed by atoms with van der Waals surface area (Å²) in [5.41, 5.74) is 0.887. The highest BCUT2D eigenvalue weighted by atomic mass is 35.5. The lowest BCUT2D eigenvalue weighted by molar-refractivity contribution is 0.103. The van der Waals surface area contributed by atoms with Crippen LogP contribution in [0.25, 0.3) is 15.8 Å². The number of thiophene rings is 1. The van der Waals surface area contributed by atoms with E-state index in [0.717, 1.165) is 17.0 Å². The van der Waals surface area contributed by atoms with Gasteiger partial charge in [-0.25, -0.2) is 9.07 Å². The summed E-state index contributed by atoms with van der Waals surface area (Å²) in [7, 11) is 0. The molecular formula is C18H11ClFN3OS. The molecule has 0 atom stereocenters. The van der Waals surface area contributed by atoms with Crippen molar-refractivity contribution in [2.24, 2.45) is 0 Å². The van der Waals surface area contributed by atoms with Crippen LogP contribution in [-0.4, -0.2) is 15.7 Å². The van der Waals surface area contributed by atoms with E-state index in [-0.39, 0.29) is 11.7 Å². The molecule has 0 unspecified atom stereocenters. The highest BCUT2D eigenvalue weighted by Crippen LogP contribution is 2.36. The normalized spacial score (nSPS) is 11.0. The van der Waals surface area contributed by atoms with Gasteiger partial charge in [0.05, 0.1) is 10.7 Å². The van der Waals surface area contributed by atoms with Crippen LogP contribution in [0, 0.1) is 5.82 Å². The zero-order valence-electron chi connectivity index (χ0n) is 12.7. The molecule has 25 heavy (non-hydrogen) atoms. The Bertz CT molecular complexity index is 1070. The minimum absolute atomic E-state index is 0.319. The van der Waals surface area contributed by atoms with E-state index in [1.54, 1.807) is 23.0 Å². The largest absolute Gasteiger partial charge is 0.304 e. The standard InChI is InChI=1S/C18H11ClFN3OS/c19-16-13-7-6-11(20)10-14(13)25-17(16)18(24)21-15-8-9-23(22-15)12-4-2-1-3-5-12/h1-10H,(H,21,22,24). The van der Waals surface area contributed by atoms with Gasteiger partial charge >= 0.3 is 0 Å². The number of fused-ring (bicyclic) bond motifs is 1. The molecule has 124 valence electrons. The fraction of sp³-hybridized carbons (Fsp3) is 0. The fourth-order valence-electron chi connectivity index (χ4n) is 2.47. The second-order valence-electron chi connectivity index (χ2n) is 5.32. The molecule has 0 saturated heterocycles. The van der Waals surface area contributed by atoms with Gasteiger partial charge in [0.25, 0.3) is 5.91 Å². The van der Waals surface area contributed by atoms with Gasteiger partial charge in [0, 0.05) is 22.3 Å². The first-order valence-electron chi connectivity index (χ1n) is 7.42. The minimum atomic E-state index is -0.370. The number of carbonyl (C=O) groups is 1. The number of nitrogens with one attached hydrogen (secondary N) is 1. The zero-order valence-corrected chi connectivity index (χ0v) is 14.3. The Labute approximate surface area is 151 Å². The Morgan fingerprint density at radius 1 is 1.16 bits per heavy atom. The van der Waals surface area contributed by atoms with Crippen molar-refractivity contribution < 1.29 is 9.18 Å². The molecule has 2 heterocycles. The third-order valence-electron chi connectivity index (χ3n) is 3.65. The van der Waals surface area contributed by atoms with Crippen molar-refractivity contribution in [1.29, 1.82) is 0 Å². The van der Waals surface area contributed by atoms with E-state index in [0.29, 0.717) is 25.8 Å². The highest BCUT2D eigenvalue weighted by molar-refractivity contribution is 7.21. The summed E-state index contributed by atoms with van der Waals surface area (Å²) < 4.78 is 15.6. The van der Waals surface area contributed by atoms with Crippen molar-refractivity contribution in [1.82, 2.24) is 9.78 Å². The van der Waals surface area contributed by atoms with E-state index in [9.17, 15) is 9.18 Å². The quantitative estimate of drug-likeness (QED) is 0.542. The number of hydrogen-bond acceptors (Lipinski definition) is 3. The maximum Gasteiger partial charge on any atom is 0.268 e. The fourth-order valence-corrected chi connectivity index (χ4v) is 3.91. The molecule has 0 aliphatic carbocycles. The molecule has 1 amide bonds. The SMILES string of the molecule is O=C(Nc1ccn(-c2ccccc2)n1)c1sc2cc(F)ccc2c1Cl. The maximum absolute atomic E-state index is 13.3. The van der Waals surface area contributed by atoms with Crippen molar-refractivity contribution in [3.05, 3.63) is 76.5 Å². The van der Waals surface area contributed by atoms with Crippen LogP contribution in [0.3, 0.4) is 0 Å². The Morgan fingerprint density at radius 2 is 1.96 bits per heavy atom. The van der Waals surface area contributed by atoms with Gasteiger partial charge in [0.1, 0.15) is 10.7 Å². The smallest absolute Gasteiger partial charge is 0.268 e. The molecule has 0 radical (unpaired) electrons. The number of para-hydroxylation sites is 1. The number of aromatic nitrogens is 2. The third-order valence-corrected chi connectivity index (χ3v) is 5.31. The molecule has 4 aromatic rings. The van der Waals surface area contributed by atoms with E-state index in [1.807, 2.05) is 30.3 Å². The van der Waals surface area contributed by atoms with E-state index >= 15 is 0 Å². The Hall–Kier alpha value is -2.70. The van der Waals surface area contributed by atoms with E-state index in [1.165, 1.54) is 12.1 Å². The number of hydrogen-bond donors (Lipinski definition) is 1. The maximum atomic E-state index is 13.3.